The van der Waals surface area contributed by atoms with Gasteiger partial charge in [-0.3, -0.25) is 0 Å². The molecule has 5 atom stereocenters. The van der Waals surface area contributed by atoms with Gasteiger partial charge in [-0.15, -0.1) is 0 Å². The zero-order valence-electron chi connectivity index (χ0n) is 14.8. The van der Waals surface area contributed by atoms with Crippen molar-refractivity contribution in [3.05, 3.63) is 0 Å². The predicted octanol–water partition coefficient (Wildman–Crippen LogP) is 6.94. The topological polar surface area (TPSA) is 0 Å². The third-order valence-corrected chi connectivity index (χ3v) is 4.96. The van der Waals surface area contributed by atoms with Crippen LogP contribution >= 0.6 is 0 Å². The second-order valence-electron chi connectivity index (χ2n) is 7.63. The lowest BCUT2D eigenvalue weighted by Gasteiger charge is -2.22. The SMILES string of the molecule is CCC(C)CC(C)CCC(C)CC(C)CC(C)CC. The average Bonchev–Trinajstić information content (AvgIpc) is 2.35. The molecule has 0 saturated heterocycles. The van der Waals surface area contributed by atoms with E-state index in [4.69, 9.17) is 0 Å². The van der Waals surface area contributed by atoms with Gasteiger partial charge in [-0.25, -0.2) is 0 Å². The van der Waals surface area contributed by atoms with Crippen molar-refractivity contribution in [1.82, 2.24) is 0 Å². The van der Waals surface area contributed by atoms with Crippen LogP contribution in [0.5, 0.6) is 0 Å². The fourth-order valence-corrected chi connectivity index (χ4v) is 3.29. The lowest BCUT2D eigenvalue weighted by molar-refractivity contribution is 0.302. The first-order valence-electron chi connectivity index (χ1n) is 8.88. The van der Waals surface area contributed by atoms with E-state index in [2.05, 4.69) is 48.5 Å². The van der Waals surface area contributed by atoms with Gasteiger partial charge >= 0.3 is 0 Å². The second kappa shape index (κ2) is 10.7. The van der Waals surface area contributed by atoms with Crippen LogP contribution in [0.4, 0.5) is 0 Å². The van der Waals surface area contributed by atoms with Gasteiger partial charge in [0.05, 0.1) is 0 Å². The Morgan fingerprint density at radius 1 is 0.474 bits per heavy atom. The molecule has 19 heavy (non-hydrogen) atoms. The lowest BCUT2D eigenvalue weighted by Crippen LogP contribution is -2.09. The van der Waals surface area contributed by atoms with Crippen LogP contribution in [0.1, 0.15) is 93.4 Å². The molecule has 0 aliphatic carbocycles. The zero-order valence-corrected chi connectivity index (χ0v) is 14.8. The standard InChI is InChI=1S/C19H40/c1-8-15(3)12-17(5)10-11-18(6)14-19(7)13-16(4)9-2/h15-19H,8-14H2,1-7H3. The number of hydrogen-bond acceptors (Lipinski definition) is 0. The largest absolute Gasteiger partial charge is 0.0651 e. The van der Waals surface area contributed by atoms with Crippen LogP contribution < -0.4 is 0 Å². The van der Waals surface area contributed by atoms with Crippen molar-refractivity contribution in [3.8, 4) is 0 Å². The molecule has 0 heteroatoms. The summed E-state index contributed by atoms with van der Waals surface area (Å²) in [7, 11) is 0. The Morgan fingerprint density at radius 3 is 1.16 bits per heavy atom. The summed E-state index contributed by atoms with van der Waals surface area (Å²) in [4.78, 5) is 0. The highest BCUT2D eigenvalue weighted by Crippen LogP contribution is 2.26. The van der Waals surface area contributed by atoms with Crippen molar-refractivity contribution < 1.29 is 0 Å². The summed E-state index contributed by atoms with van der Waals surface area (Å²) in [6.45, 7) is 16.8. The fraction of sp³-hybridized carbons (Fsp3) is 1.00. The Balaban J connectivity index is 3.76. The third-order valence-electron chi connectivity index (χ3n) is 4.96. The molecule has 0 aromatic carbocycles. The van der Waals surface area contributed by atoms with E-state index in [-0.39, 0.29) is 0 Å². The third kappa shape index (κ3) is 10.4. The Kier molecular flexibility index (Phi) is 10.7. The van der Waals surface area contributed by atoms with Gasteiger partial charge in [0.2, 0.25) is 0 Å². The summed E-state index contributed by atoms with van der Waals surface area (Å²) in [5, 5.41) is 0. The molecule has 0 aromatic heterocycles. The first-order valence-corrected chi connectivity index (χ1v) is 8.88. The molecule has 5 unspecified atom stereocenters. The van der Waals surface area contributed by atoms with Crippen molar-refractivity contribution >= 4 is 0 Å². The molecular weight excluding hydrogens is 228 g/mol. The van der Waals surface area contributed by atoms with Crippen LogP contribution in [0.3, 0.4) is 0 Å². The molecule has 0 saturated carbocycles. The lowest BCUT2D eigenvalue weighted by atomic mass is 9.84. The van der Waals surface area contributed by atoms with Crippen molar-refractivity contribution in [2.45, 2.75) is 93.4 Å². The van der Waals surface area contributed by atoms with Crippen molar-refractivity contribution in [1.29, 1.82) is 0 Å². The van der Waals surface area contributed by atoms with Crippen LogP contribution in [0.2, 0.25) is 0 Å². The van der Waals surface area contributed by atoms with Gasteiger partial charge < -0.3 is 0 Å². The molecule has 0 rings (SSSR count). The maximum Gasteiger partial charge on any atom is -0.0438 e. The number of rotatable bonds is 11. The first kappa shape index (κ1) is 19.0. The summed E-state index contributed by atoms with van der Waals surface area (Å²) >= 11 is 0. The van der Waals surface area contributed by atoms with Crippen LogP contribution in [-0.4, -0.2) is 0 Å². The van der Waals surface area contributed by atoms with Gasteiger partial charge in [-0.1, -0.05) is 74.1 Å². The van der Waals surface area contributed by atoms with Crippen molar-refractivity contribution in [3.63, 3.8) is 0 Å². The maximum absolute atomic E-state index is 2.46. The average molecular weight is 269 g/mol. The Morgan fingerprint density at radius 2 is 0.789 bits per heavy atom. The summed E-state index contributed by atoms with van der Waals surface area (Å²) < 4.78 is 0. The monoisotopic (exact) mass is 268 g/mol. The molecule has 0 N–H and O–H groups in total. The minimum Gasteiger partial charge on any atom is -0.0651 e. The van der Waals surface area contributed by atoms with E-state index >= 15 is 0 Å². The van der Waals surface area contributed by atoms with Crippen molar-refractivity contribution in [2.75, 3.05) is 0 Å². The van der Waals surface area contributed by atoms with Gasteiger partial charge in [0.25, 0.3) is 0 Å². The summed E-state index contributed by atoms with van der Waals surface area (Å²) in [6, 6.07) is 0. The van der Waals surface area contributed by atoms with E-state index in [1.165, 1.54) is 44.9 Å². The van der Waals surface area contributed by atoms with E-state index < -0.39 is 0 Å². The summed E-state index contributed by atoms with van der Waals surface area (Å²) in [5.74, 6) is 4.57. The van der Waals surface area contributed by atoms with Gasteiger partial charge in [-0.2, -0.15) is 0 Å². The van der Waals surface area contributed by atoms with E-state index in [9.17, 15) is 0 Å². The van der Waals surface area contributed by atoms with Crippen molar-refractivity contribution in [2.24, 2.45) is 29.6 Å². The highest BCUT2D eigenvalue weighted by molar-refractivity contribution is 4.65. The van der Waals surface area contributed by atoms with E-state index in [1.807, 2.05) is 0 Å². The highest BCUT2D eigenvalue weighted by atomic mass is 14.2. The van der Waals surface area contributed by atoms with Gasteiger partial charge in [0.15, 0.2) is 0 Å². The van der Waals surface area contributed by atoms with Crippen LogP contribution in [0, 0.1) is 29.6 Å². The van der Waals surface area contributed by atoms with Gasteiger partial charge in [0, 0.05) is 0 Å². The quantitative estimate of drug-likeness (QED) is 0.381. The molecule has 0 fully saturated rings. The van der Waals surface area contributed by atoms with E-state index in [0.29, 0.717) is 0 Å². The zero-order chi connectivity index (χ0) is 14.8. The number of hydrogen-bond donors (Lipinski definition) is 0. The molecule has 0 radical (unpaired) electrons. The molecule has 0 bridgehead atoms. The molecule has 0 heterocycles. The maximum atomic E-state index is 2.46. The first-order chi connectivity index (χ1) is 8.88. The molecular formula is C19H40. The highest BCUT2D eigenvalue weighted by Gasteiger charge is 2.13. The van der Waals surface area contributed by atoms with Gasteiger partial charge in [-0.05, 0) is 48.9 Å². The molecule has 0 amide bonds. The molecule has 0 aromatic rings. The molecule has 0 aliphatic rings. The van der Waals surface area contributed by atoms with E-state index in [0.717, 1.165) is 29.6 Å². The fourth-order valence-electron chi connectivity index (χ4n) is 3.29. The molecule has 0 nitrogen and oxygen atoms in total. The predicted molar refractivity (Wildman–Crippen MR) is 89.5 cm³/mol. The van der Waals surface area contributed by atoms with Gasteiger partial charge in [0.1, 0.15) is 0 Å². The minimum atomic E-state index is 0.909. The van der Waals surface area contributed by atoms with Crippen LogP contribution in [-0.2, 0) is 0 Å². The Bertz CT molecular complexity index is 196. The smallest absolute Gasteiger partial charge is 0.0438 e. The van der Waals surface area contributed by atoms with Crippen LogP contribution in [0.25, 0.3) is 0 Å². The minimum absolute atomic E-state index is 0.909. The summed E-state index contributed by atoms with van der Waals surface area (Å²) in [5.41, 5.74) is 0. The van der Waals surface area contributed by atoms with E-state index in [1.54, 1.807) is 0 Å². The molecule has 0 spiro atoms. The molecule has 0 aliphatic heterocycles. The Hall–Kier alpha value is 0. The Labute approximate surface area is 123 Å². The second-order valence-corrected chi connectivity index (χ2v) is 7.63. The van der Waals surface area contributed by atoms with Crippen LogP contribution in [0.15, 0.2) is 0 Å². The molecule has 116 valence electrons. The normalized spacial score (nSPS) is 19.7. The summed E-state index contributed by atoms with van der Waals surface area (Å²) in [6.07, 6.45) is 9.82.